The molecule has 0 atom stereocenters. The van der Waals surface area contributed by atoms with E-state index in [0.29, 0.717) is 11.4 Å². The van der Waals surface area contributed by atoms with Crippen LogP contribution >= 0.6 is 0 Å². The van der Waals surface area contributed by atoms with Crippen molar-refractivity contribution in [2.45, 2.75) is 26.7 Å². The zero-order valence-corrected chi connectivity index (χ0v) is 14.9. The van der Waals surface area contributed by atoms with Crippen LogP contribution in [0.15, 0.2) is 48.5 Å². The predicted octanol–water partition coefficient (Wildman–Crippen LogP) is 3.20. The van der Waals surface area contributed by atoms with Crippen LogP contribution in [0.4, 0.5) is 11.4 Å². The number of aryl methyl sites for hydroxylation is 2. The van der Waals surface area contributed by atoms with Gasteiger partial charge in [0.05, 0.1) is 6.42 Å². The smallest absolute Gasteiger partial charge is 0.306 e. The topological polar surface area (TPSA) is 84.5 Å². The Labute approximate surface area is 152 Å². The number of rotatable bonds is 7. The summed E-state index contributed by atoms with van der Waals surface area (Å²) in [4.78, 5) is 35.4. The van der Waals surface area contributed by atoms with Crippen LogP contribution in [0.1, 0.15) is 24.0 Å². The first-order valence-corrected chi connectivity index (χ1v) is 8.31. The second kappa shape index (κ2) is 9.36. The first kappa shape index (κ1) is 19.2. The lowest BCUT2D eigenvalue weighted by molar-refractivity contribution is -0.147. The lowest BCUT2D eigenvalue weighted by Gasteiger charge is -2.09. The Kier molecular flexibility index (Phi) is 6.91. The molecule has 2 rings (SSSR count). The van der Waals surface area contributed by atoms with Crippen molar-refractivity contribution < 1.29 is 19.1 Å². The minimum atomic E-state index is -0.593. The van der Waals surface area contributed by atoms with Gasteiger partial charge >= 0.3 is 5.97 Å². The quantitative estimate of drug-likeness (QED) is 0.748. The summed E-state index contributed by atoms with van der Waals surface area (Å²) in [6.45, 7) is 3.41. The van der Waals surface area contributed by atoms with Crippen LogP contribution < -0.4 is 10.6 Å². The molecule has 0 heterocycles. The van der Waals surface area contributed by atoms with Gasteiger partial charge in [0.25, 0.3) is 5.91 Å². The molecule has 0 aliphatic rings. The molecule has 0 aliphatic carbocycles. The Morgan fingerprint density at radius 3 is 2.38 bits per heavy atom. The normalized spacial score (nSPS) is 10.1. The van der Waals surface area contributed by atoms with E-state index in [4.69, 9.17) is 4.74 Å². The van der Waals surface area contributed by atoms with Crippen molar-refractivity contribution >= 4 is 29.2 Å². The van der Waals surface area contributed by atoms with Crippen molar-refractivity contribution in [1.29, 1.82) is 0 Å². The number of para-hydroxylation sites is 1. The highest BCUT2D eigenvalue weighted by molar-refractivity contribution is 5.94. The fourth-order valence-corrected chi connectivity index (χ4v) is 2.28. The molecule has 2 aromatic carbocycles. The van der Waals surface area contributed by atoms with Gasteiger partial charge in [0.15, 0.2) is 6.61 Å². The highest BCUT2D eigenvalue weighted by atomic mass is 16.5. The zero-order chi connectivity index (χ0) is 18.9. The maximum Gasteiger partial charge on any atom is 0.306 e. The zero-order valence-electron chi connectivity index (χ0n) is 14.9. The molecule has 6 nitrogen and oxygen atoms in total. The third kappa shape index (κ3) is 6.39. The Morgan fingerprint density at radius 2 is 1.65 bits per heavy atom. The van der Waals surface area contributed by atoms with Gasteiger partial charge in [-0.3, -0.25) is 14.4 Å². The molecule has 6 heteroatoms. The SMILES string of the molecule is Cc1cccc(NC(=O)CCC(=O)OCC(=O)Nc2ccccc2C)c1. The van der Waals surface area contributed by atoms with E-state index >= 15 is 0 Å². The molecule has 2 amide bonds. The molecule has 0 saturated heterocycles. The van der Waals surface area contributed by atoms with E-state index in [2.05, 4.69) is 10.6 Å². The molecule has 0 spiro atoms. The van der Waals surface area contributed by atoms with E-state index in [9.17, 15) is 14.4 Å². The van der Waals surface area contributed by atoms with Crippen LogP contribution in [0.2, 0.25) is 0 Å². The lowest BCUT2D eigenvalue weighted by Crippen LogP contribution is -2.22. The minimum absolute atomic E-state index is 0.00775. The van der Waals surface area contributed by atoms with E-state index in [-0.39, 0.29) is 25.4 Å². The second-order valence-electron chi connectivity index (χ2n) is 5.94. The standard InChI is InChI=1S/C20H22N2O4/c1-14-6-5-8-16(12-14)21-18(23)10-11-20(25)26-13-19(24)22-17-9-4-3-7-15(17)2/h3-9,12H,10-11,13H2,1-2H3,(H,21,23)(H,22,24). The Balaban J connectivity index is 1.69. The molecule has 2 N–H and O–H groups in total. The highest BCUT2D eigenvalue weighted by Gasteiger charge is 2.11. The third-order valence-electron chi connectivity index (χ3n) is 3.64. The van der Waals surface area contributed by atoms with Crippen molar-refractivity contribution in [3.63, 3.8) is 0 Å². The van der Waals surface area contributed by atoms with Crippen LogP contribution in [-0.2, 0) is 19.1 Å². The molecule has 0 fully saturated rings. The van der Waals surface area contributed by atoms with E-state index in [1.807, 2.05) is 50.2 Å². The number of ether oxygens (including phenoxy) is 1. The number of amides is 2. The lowest BCUT2D eigenvalue weighted by atomic mass is 10.2. The number of nitrogens with one attached hydrogen (secondary N) is 2. The van der Waals surface area contributed by atoms with E-state index < -0.39 is 11.9 Å². The number of carbonyl (C=O) groups excluding carboxylic acids is 3. The van der Waals surface area contributed by atoms with E-state index in [0.717, 1.165) is 11.1 Å². The summed E-state index contributed by atoms with van der Waals surface area (Å²) in [5, 5.41) is 5.39. The highest BCUT2D eigenvalue weighted by Crippen LogP contribution is 2.13. The molecule has 2 aromatic rings. The van der Waals surface area contributed by atoms with E-state index in [1.54, 1.807) is 12.1 Å². The van der Waals surface area contributed by atoms with Crippen LogP contribution in [0, 0.1) is 13.8 Å². The first-order chi connectivity index (χ1) is 12.4. The predicted molar refractivity (Wildman–Crippen MR) is 99.8 cm³/mol. The largest absolute Gasteiger partial charge is 0.456 e. The Bertz CT molecular complexity index is 802. The maximum atomic E-state index is 11.8. The fraction of sp³-hybridized carbons (Fsp3) is 0.250. The summed E-state index contributed by atoms with van der Waals surface area (Å²) >= 11 is 0. The van der Waals surface area contributed by atoms with Gasteiger partial charge in [0, 0.05) is 17.8 Å². The molecule has 0 aliphatic heterocycles. The molecular weight excluding hydrogens is 332 g/mol. The summed E-state index contributed by atoms with van der Waals surface area (Å²) in [6, 6.07) is 14.7. The molecule has 0 bridgehead atoms. The van der Waals surface area contributed by atoms with Crippen molar-refractivity contribution in [2.24, 2.45) is 0 Å². The fourth-order valence-electron chi connectivity index (χ4n) is 2.28. The van der Waals surface area contributed by atoms with Gasteiger partial charge < -0.3 is 15.4 Å². The van der Waals surface area contributed by atoms with Crippen LogP contribution in [0.25, 0.3) is 0 Å². The average Bonchev–Trinajstić information content (AvgIpc) is 2.60. The molecule has 26 heavy (non-hydrogen) atoms. The van der Waals surface area contributed by atoms with Gasteiger partial charge in [-0.25, -0.2) is 0 Å². The summed E-state index contributed by atoms with van der Waals surface area (Å²) < 4.78 is 4.90. The van der Waals surface area contributed by atoms with Crippen molar-refractivity contribution in [1.82, 2.24) is 0 Å². The summed E-state index contributed by atoms with van der Waals surface area (Å²) in [6.07, 6.45) is -0.0958. The third-order valence-corrected chi connectivity index (χ3v) is 3.64. The molecule has 0 unspecified atom stereocenters. The van der Waals surface area contributed by atoms with Crippen LogP contribution in [-0.4, -0.2) is 24.4 Å². The molecule has 0 aromatic heterocycles. The van der Waals surface area contributed by atoms with Gasteiger partial charge in [0.2, 0.25) is 5.91 Å². The monoisotopic (exact) mass is 354 g/mol. The number of carbonyl (C=O) groups is 3. The van der Waals surface area contributed by atoms with Gasteiger partial charge in [0.1, 0.15) is 0 Å². The number of hydrogen-bond acceptors (Lipinski definition) is 4. The van der Waals surface area contributed by atoms with Gasteiger partial charge in [-0.15, -0.1) is 0 Å². The van der Waals surface area contributed by atoms with Gasteiger partial charge in [-0.05, 0) is 43.2 Å². The van der Waals surface area contributed by atoms with Crippen LogP contribution in [0.3, 0.4) is 0 Å². The average molecular weight is 354 g/mol. The van der Waals surface area contributed by atoms with Crippen molar-refractivity contribution in [2.75, 3.05) is 17.2 Å². The van der Waals surface area contributed by atoms with Crippen molar-refractivity contribution in [3.05, 3.63) is 59.7 Å². The molecule has 0 radical (unpaired) electrons. The number of esters is 1. The number of hydrogen-bond donors (Lipinski definition) is 2. The summed E-state index contributed by atoms with van der Waals surface area (Å²) in [7, 11) is 0. The Morgan fingerprint density at radius 1 is 0.885 bits per heavy atom. The summed E-state index contributed by atoms with van der Waals surface area (Å²) in [5.41, 5.74) is 3.30. The van der Waals surface area contributed by atoms with Gasteiger partial charge in [-0.2, -0.15) is 0 Å². The number of benzene rings is 2. The Hall–Kier alpha value is -3.15. The van der Waals surface area contributed by atoms with Crippen molar-refractivity contribution in [3.8, 4) is 0 Å². The van der Waals surface area contributed by atoms with Gasteiger partial charge in [-0.1, -0.05) is 30.3 Å². The minimum Gasteiger partial charge on any atom is -0.456 e. The molecule has 136 valence electrons. The maximum absolute atomic E-state index is 11.8. The molecule has 0 saturated carbocycles. The summed E-state index contributed by atoms with van der Waals surface area (Å²) in [5.74, 6) is -1.29. The second-order valence-corrected chi connectivity index (χ2v) is 5.94. The first-order valence-electron chi connectivity index (χ1n) is 8.31. The number of anilines is 2. The van der Waals surface area contributed by atoms with E-state index in [1.165, 1.54) is 0 Å². The molecular formula is C20H22N2O4. The van der Waals surface area contributed by atoms with Crippen LogP contribution in [0.5, 0.6) is 0 Å².